The third kappa shape index (κ3) is 6.38. The van der Waals surface area contributed by atoms with Crippen LogP contribution >= 0.6 is 0 Å². The van der Waals surface area contributed by atoms with Gasteiger partial charge in [-0.25, -0.2) is 0 Å². The van der Waals surface area contributed by atoms with Crippen LogP contribution < -0.4 is 0 Å². The molecule has 0 spiro atoms. The number of benzene rings is 2. The van der Waals surface area contributed by atoms with E-state index in [9.17, 15) is 9.59 Å². The molecule has 0 aliphatic carbocycles. The van der Waals surface area contributed by atoms with Gasteiger partial charge in [0.2, 0.25) is 6.29 Å². The molecule has 2 aromatic rings. The van der Waals surface area contributed by atoms with Crippen molar-refractivity contribution in [1.82, 2.24) is 0 Å². The Balaban J connectivity index is 1.70. The van der Waals surface area contributed by atoms with E-state index in [0.717, 1.165) is 11.1 Å². The van der Waals surface area contributed by atoms with Crippen LogP contribution in [0.5, 0.6) is 0 Å². The zero-order valence-corrected chi connectivity index (χ0v) is 17.1. The van der Waals surface area contributed by atoms with Crippen LogP contribution in [0.2, 0.25) is 0 Å². The van der Waals surface area contributed by atoms with Crippen molar-refractivity contribution >= 4 is 11.9 Å². The zero-order chi connectivity index (χ0) is 21.3. The minimum atomic E-state index is -1.06. The minimum absolute atomic E-state index is 0.184. The van der Waals surface area contributed by atoms with Gasteiger partial charge in [-0.1, -0.05) is 60.7 Å². The van der Waals surface area contributed by atoms with Crippen LogP contribution in [0.3, 0.4) is 0 Å². The van der Waals surface area contributed by atoms with E-state index in [1.165, 1.54) is 13.8 Å². The van der Waals surface area contributed by atoms with E-state index in [2.05, 4.69) is 0 Å². The lowest BCUT2D eigenvalue weighted by molar-refractivity contribution is -0.197. The molecule has 0 N–H and O–H groups in total. The van der Waals surface area contributed by atoms with Crippen LogP contribution in [0, 0.1) is 0 Å². The first-order valence-corrected chi connectivity index (χ1v) is 9.80. The molecule has 30 heavy (non-hydrogen) atoms. The molecule has 1 aliphatic rings. The summed E-state index contributed by atoms with van der Waals surface area (Å²) in [5, 5.41) is 0. The molecule has 1 fully saturated rings. The Morgan fingerprint density at radius 2 is 1.37 bits per heavy atom. The minimum Gasteiger partial charge on any atom is -0.453 e. The van der Waals surface area contributed by atoms with Gasteiger partial charge in [-0.15, -0.1) is 0 Å². The molecule has 0 amide bonds. The molecular weight excluding hydrogens is 388 g/mol. The highest BCUT2D eigenvalue weighted by Crippen LogP contribution is 2.29. The Morgan fingerprint density at radius 3 is 1.93 bits per heavy atom. The fourth-order valence-electron chi connectivity index (χ4n) is 3.24. The zero-order valence-electron chi connectivity index (χ0n) is 17.1. The van der Waals surface area contributed by atoms with Gasteiger partial charge in [0.1, 0.15) is 12.2 Å². The monoisotopic (exact) mass is 414 g/mol. The number of esters is 2. The first-order valence-electron chi connectivity index (χ1n) is 9.80. The highest BCUT2D eigenvalue weighted by molar-refractivity contribution is 5.67. The fraction of sp³-hybridized carbons (Fsp3) is 0.391. The summed E-state index contributed by atoms with van der Waals surface area (Å²) in [6, 6.07) is 19.3. The molecule has 7 heteroatoms. The van der Waals surface area contributed by atoms with Gasteiger partial charge in [0.05, 0.1) is 19.8 Å². The SMILES string of the molecule is CC(=O)O[C@@H]1O[C@H](COCc2ccccc2)C(OCc2ccccc2)[C@@H]1OC(C)=O. The van der Waals surface area contributed by atoms with E-state index < -0.39 is 36.5 Å². The Bertz CT molecular complexity index is 809. The molecule has 3 rings (SSSR count). The van der Waals surface area contributed by atoms with E-state index in [0.29, 0.717) is 6.61 Å². The average molecular weight is 414 g/mol. The summed E-state index contributed by atoms with van der Waals surface area (Å²) in [4.78, 5) is 23.2. The van der Waals surface area contributed by atoms with Gasteiger partial charge < -0.3 is 23.7 Å². The van der Waals surface area contributed by atoms with E-state index in [-0.39, 0.29) is 13.2 Å². The van der Waals surface area contributed by atoms with Gasteiger partial charge in [-0.05, 0) is 11.1 Å². The lowest BCUT2D eigenvalue weighted by atomic mass is 10.1. The molecule has 7 nitrogen and oxygen atoms in total. The van der Waals surface area contributed by atoms with Crippen molar-refractivity contribution in [2.75, 3.05) is 6.61 Å². The number of ether oxygens (including phenoxy) is 5. The molecule has 1 unspecified atom stereocenters. The molecule has 1 heterocycles. The summed E-state index contributed by atoms with van der Waals surface area (Å²) in [5.74, 6) is -1.05. The summed E-state index contributed by atoms with van der Waals surface area (Å²) in [6.07, 6.45) is -3.18. The van der Waals surface area contributed by atoms with E-state index in [1.807, 2.05) is 60.7 Å². The number of carbonyl (C=O) groups is 2. The lowest BCUT2D eigenvalue weighted by Crippen LogP contribution is -2.41. The van der Waals surface area contributed by atoms with Crippen LogP contribution in [0.4, 0.5) is 0 Å². The number of carbonyl (C=O) groups excluding carboxylic acids is 2. The summed E-state index contributed by atoms with van der Waals surface area (Å²) in [5.41, 5.74) is 1.98. The Morgan fingerprint density at radius 1 is 0.800 bits per heavy atom. The average Bonchev–Trinajstić information content (AvgIpc) is 3.03. The van der Waals surface area contributed by atoms with Crippen molar-refractivity contribution in [3.63, 3.8) is 0 Å². The maximum absolute atomic E-state index is 11.7. The van der Waals surface area contributed by atoms with Gasteiger partial charge in [-0.2, -0.15) is 0 Å². The van der Waals surface area contributed by atoms with E-state index in [1.54, 1.807) is 0 Å². The Labute approximate surface area is 175 Å². The highest BCUT2D eigenvalue weighted by Gasteiger charge is 2.49. The molecule has 0 radical (unpaired) electrons. The molecule has 2 aromatic carbocycles. The normalized spacial score (nSPS) is 23.1. The van der Waals surface area contributed by atoms with Crippen molar-refractivity contribution < 1.29 is 33.3 Å². The van der Waals surface area contributed by atoms with Crippen molar-refractivity contribution in [2.24, 2.45) is 0 Å². The third-order valence-electron chi connectivity index (χ3n) is 4.53. The van der Waals surface area contributed by atoms with Crippen LogP contribution in [-0.4, -0.2) is 43.1 Å². The maximum atomic E-state index is 11.7. The van der Waals surface area contributed by atoms with Gasteiger partial charge >= 0.3 is 11.9 Å². The molecular formula is C23H26O7. The third-order valence-corrected chi connectivity index (χ3v) is 4.53. The smallest absolute Gasteiger partial charge is 0.305 e. The van der Waals surface area contributed by atoms with Gasteiger partial charge in [0.15, 0.2) is 6.10 Å². The predicted molar refractivity (Wildman–Crippen MR) is 107 cm³/mol. The predicted octanol–water partition coefficient (Wildman–Crippen LogP) is 3.01. The maximum Gasteiger partial charge on any atom is 0.305 e. The number of hydrogen-bond acceptors (Lipinski definition) is 7. The quantitative estimate of drug-likeness (QED) is 0.584. The Hall–Kier alpha value is -2.74. The first-order chi connectivity index (χ1) is 14.5. The summed E-state index contributed by atoms with van der Waals surface area (Å²) >= 11 is 0. The topological polar surface area (TPSA) is 80.3 Å². The Kier molecular flexibility index (Phi) is 7.96. The van der Waals surface area contributed by atoms with Crippen molar-refractivity contribution in [3.8, 4) is 0 Å². The van der Waals surface area contributed by atoms with E-state index in [4.69, 9.17) is 23.7 Å². The van der Waals surface area contributed by atoms with Gasteiger partial charge in [0.25, 0.3) is 0 Å². The van der Waals surface area contributed by atoms with E-state index >= 15 is 0 Å². The second-order valence-corrected chi connectivity index (χ2v) is 6.99. The standard InChI is InChI=1S/C23H26O7/c1-16(24)28-22-21(27-14-19-11-7-4-8-12-19)20(30-23(22)29-17(2)25)15-26-13-18-9-5-3-6-10-18/h3-12,20-23H,13-15H2,1-2H3/t20-,21?,22+,23-/m1/s1. The van der Waals surface area contributed by atoms with Crippen LogP contribution in [-0.2, 0) is 46.5 Å². The lowest BCUT2D eigenvalue weighted by Gasteiger charge is -2.23. The number of hydrogen-bond donors (Lipinski definition) is 0. The summed E-state index contributed by atoms with van der Waals surface area (Å²) in [7, 11) is 0. The summed E-state index contributed by atoms with van der Waals surface area (Å²) in [6.45, 7) is 3.42. The molecule has 0 aromatic heterocycles. The molecule has 0 saturated carbocycles. The summed E-state index contributed by atoms with van der Waals surface area (Å²) < 4.78 is 28.3. The second-order valence-electron chi connectivity index (χ2n) is 6.99. The van der Waals surface area contributed by atoms with Gasteiger partial charge in [0, 0.05) is 13.8 Å². The molecule has 1 aliphatic heterocycles. The van der Waals surface area contributed by atoms with Crippen molar-refractivity contribution in [3.05, 3.63) is 71.8 Å². The van der Waals surface area contributed by atoms with Crippen LogP contribution in [0.1, 0.15) is 25.0 Å². The molecule has 160 valence electrons. The van der Waals surface area contributed by atoms with Crippen molar-refractivity contribution in [1.29, 1.82) is 0 Å². The second kappa shape index (κ2) is 10.9. The fourth-order valence-corrected chi connectivity index (χ4v) is 3.24. The highest BCUT2D eigenvalue weighted by atomic mass is 16.7. The largest absolute Gasteiger partial charge is 0.453 e. The van der Waals surface area contributed by atoms with Crippen LogP contribution in [0.25, 0.3) is 0 Å². The van der Waals surface area contributed by atoms with Gasteiger partial charge in [-0.3, -0.25) is 9.59 Å². The molecule has 4 atom stereocenters. The molecule has 0 bridgehead atoms. The van der Waals surface area contributed by atoms with Crippen molar-refractivity contribution in [2.45, 2.75) is 51.7 Å². The first kappa shape index (κ1) is 22.0. The molecule has 1 saturated heterocycles. The number of rotatable bonds is 9. The van der Waals surface area contributed by atoms with Crippen LogP contribution in [0.15, 0.2) is 60.7 Å².